The molecule has 1 atom stereocenters. The Bertz CT molecular complexity index is 788. The third-order valence-electron chi connectivity index (χ3n) is 4.58. The Morgan fingerprint density at radius 2 is 1.80 bits per heavy atom. The van der Waals surface area contributed by atoms with Gasteiger partial charge in [0.05, 0.1) is 23.5 Å². The van der Waals surface area contributed by atoms with E-state index in [2.05, 4.69) is 29.1 Å². The Kier molecular flexibility index (Phi) is 5.53. The van der Waals surface area contributed by atoms with Crippen LogP contribution in [0.3, 0.4) is 0 Å². The van der Waals surface area contributed by atoms with Crippen LogP contribution < -0.4 is 5.32 Å². The molecule has 0 saturated heterocycles. The summed E-state index contributed by atoms with van der Waals surface area (Å²) >= 11 is 0. The molecule has 0 fully saturated rings. The summed E-state index contributed by atoms with van der Waals surface area (Å²) in [5, 5.41) is 12.0. The molecule has 0 aliphatic rings. The van der Waals surface area contributed by atoms with E-state index in [1.54, 1.807) is 6.20 Å². The van der Waals surface area contributed by atoms with Gasteiger partial charge in [-0.05, 0) is 32.3 Å². The maximum absolute atomic E-state index is 12.6. The van der Waals surface area contributed by atoms with Crippen molar-refractivity contribution in [2.24, 2.45) is 5.92 Å². The number of amides is 1. The first kappa shape index (κ1) is 18.6. The number of rotatable bonds is 5. The highest BCUT2D eigenvalue weighted by Gasteiger charge is 2.31. The predicted molar refractivity (Wildman–Crippen MR) is 97.7 cm³/mol. The second kappa shape index (κ2) is 7.43. The summed E-state index contributed by atoms with van der Waals surface area (Å²) in [5.74, 6) is 0.390. The van der Waals surface area contributed by atoms with E-state index in [0.29, 0.717) is 11.6 Å². The topological polar surface area (TPSA) is 78.7 Å². The van der Waals surface area contributed by atoms with Crippen LogP contribution in [0.2, 0.25) is 0 Å². The predicted octanol–water partition coefficient (Wildman–Crippen LogP) is 3.45. The summed E-state index contributed by atoms with van der Waals surface area (Å²) in [6, 6.07) is 9.77. The Balaban J connectivity index is 2.23. The molecular formula is C20H24N4O. The summed E-state index contributed by atoms with van der Waals surface area (Å²) in [6.45, 7) is 10.0. The number of hydrogen-bond acceptors (Lipinski definition) is 4. The van der Waals surface area contributed by atoms with Gasteiger partial charge in [0.1, 0.15) is 6.07 Å². The summed E-state index contributed by atoms with van der Waals surface area (Å²) in [4.78, 5) is 20.9. The standard InChI is InChI=1S/C20H24N4O/c1-13(2)14(3)23-19(25)20(4,5)16-8-6-15(7-9-16)18-12-22-11-17(10-21)24-18/h6-9,11-14H,1-5H3,(H,23,25). The minimum Gasteiger partial charge on any atom is -0.353 e. The minimum atomic E-state index is -0.637. The van der Waals surface area contributed by atoms with Crippen LogP contribution in [0.15, 0.2) is 36.7 Å². The first-order valence-corrected chi connectivity index (χ1v) is 8.39. The molecule has 1 heterocycles. The van der Waals surface area contributed by atoms with Gasteiger partial charge in [-0.1, -0.05) is 38.1 Å². The van der Waals surface area contributed by atoms with Crippen LogP contribution in [-0.4, -0.2) is 21.9 Å². The zero-order valence-electron chi connectivity index (χ0n) is 15.4. The van der Waals surface area contributed by atoms with Gasteiger partial charge in [-0.3, -0.25) is 9.78 Å². The Hall–Kier alpha value is -2.74. The van der Waals surface area contributed by atoms with Crippen molar-refractivity contribution in [1.29, 1.82) is 5.26 Å². The second-order valence-electron chi connectivity index (χ2n) is 7.11. The van der Waals surface area contributed by atoms with Crippen LogP contribution >= 0.6 is 0 Å². The van der Waals surface area contributed by atoms with Crippen molar-refractivity contribution in [3.63, 3.8) is 0 Å². The highest BCUT2D eigenvalue weighted by atomic mass is 16.2. The third-order valence-corrected chi connectivity index (χ3v) is 4.58. The maximum Gasteiger partial charge on any atom is 0.230 e. The van der Waals surface area contributed by atoms with Crippen molar-refractivity contribution in [2.45, 2.75) is 46.1 Å². The number of benzene rings is 1. The largest absolute Gasteiger partial charge is 0.353 e. The molecule has 0 spiro atoms. The van der Waals surface area contributed by atoms with E-state index in [9.17, 15) is 4.79 Å². The smallest absolute Gasteiger partial charge is 0.230 e. The Morgan fingerprint density at radius 3 is 2.36 bits per heavy atom. The molecule has 0 aliphatic carbocycles. The fourth-order valence-corrected chi connectivity index (χ4v) is 2.30. The van der Waals surface area contributed by atoms with Crippen molar-refractivity contribution < 1.29 is 4.79 Å². The summed E-state index contributed by atoms with van der Waals surface area (Å²) in [7, 11) is 0. The molecule has 0 saturated carbocycles. The van der Waals surface area contributed by atoms with Gasteiger partial charge in [-0.15, -0.1) is 0 Å². The molecule has 5 heteroatoms. The maximum atomic E-state index is 12.6. The van der Waals surface area contributed by atoms with E-state index in [4.69, 9.17) is 5.26 Å². The SMILES string of the molecule is CC(C)C(C)NC(=O)C(C)(C)c1ccc(-c2cncc(C#N)n2)cc1. The van der Waals surface area contributed by atoms with Crippen LogP contribution in [0.1, 0.15) is 45.9 Å². The van der Waals surface area contributed by atoms with Gasteiger partial charge in [0.15, 0.2) is 5.69 Å². The van der Waals surface area contributed by atoms with Crippen molar-refractivity contribution in [1.82, 2.24) is 15.3 Å². The monoisotopic (exact) mass is 336 g/mol. The van der Waals surface area contributed by atoms with Crippen LogP contribution in [0.4, 0.5) is 0 Å². The average Bonchev–Trinajstić information content (AvgIpc) is 2.61. The van der Waals surface area contributed by atoms with Crippen molar-refractivity contribution >= 4 is 5.91 Å². The molecule has 1 aromatic heterocycles. The highest BCUT2D eigenvalue weighted by Crippen LogP contribution is 2.26. The molecule has 1 N–H and O–H groups in total. The summed E-state index contributed by atoms with van der Waals surface area (Å²) in [5.41, 5.74) is 2.07. The van der Waals surface area contributed by atoms with E-state index in [1.807, 2.05) is 51.1 Å². The van der Waals surface area contributed by atoms with Gasteiger partial charge in [0, 0.05) is 11.6 Å². The minimum absolute atomic E-state index is 0.00715. The quantitative estimate of drug-likeness (QED) is 0.907. The first-order valence-electron chi connectivity index (χ1n) is 8.39. The number of nitrogens with zero attached hydrogens (tertiary/aromatic N) is 3. The Labute approximate surface area is 149 Å². The molecule has 130 valence electrons. The van der Waals surface area contributed by atoms with Crippen molar-refractivity contribution in [3.05, 3.63) is 47.9 Å². The van der Waals surface area contributed by atoms with Crippen LogP contribution in [0.25, 0.3) is 11.3 Å². The van der Waals surface area contributed by atoms with Crippen molar-refractivity contribution in [2.75, 3.05) is 0 Å². The zero-order valence-corrected chi connectivity index (χ0v) is 15.4. The summed E-state index contributed by atoms with van der Waals surface area (Å²) < 4.78 is 0. The van der Waals surface area contributed by atoms with E-state index in [1.165, 1.54) is 6.20 Å². The molecule has 1 aromatic carbocycles. The van der Waals surface area contributed by atoms with Crippen LogP contribution in [0, 0.1) is 17.2 Å². The van der Waals surface area contributed by atoms with E-state index in [0.717, 1.165) is 11.1 Å². The molecule has 1 amide bonds. The summed E-state index contributed by atoms with van der Waals surface area (Å²) in [6.07, 6.45) is 3.05. The van der Waals surface area contributed by atoms with Gasteiger partial charge in [0.25, 0.3) is 0 Å². The second-order valence-corrected chi connectivity index (χ2v) is 7.11. The number of aromatic nitrogens is 2. The Morgan fingerprint density at radius 1 is 1.16 bits per heavy atom. The van der Waals surface area contributed by atoms with E-state index < -0.39 is 5.41 Å². The molecule has 0 radical (unpaired) electrons. The molecule has 2 aromatic rings. The molecule has 25 heavy (non-hydrogen) atoms. The number of nitriles is 1. The molecule has 1 unspecified atom stereocenters. The molecule has 0 aliphatic heterocycles. The molecule has 0 bridgehead atoms. The number of carbonyl (C=O) groups is 1. The van der Waals surface area contributed by atoms with E-state index in [-0.39, 0.29) is 17.6 Å². The number of hydrogen-bond donors (Lipinski definition) is 1. The molecule has 5 nitrogen and oxygen atoms in total. The van der Waals surface area contributed by atoms with Crippen LogP contribution in [-0.2, 0) is 10.2 Å². The molecule has 2 rings (SSSR count). The van der Waals surface area contributed by atoms with Gasteiger partial charge >= 0.3 is 0 Å². The lowest BCUT2D eigenvalue weighted by Crippen LogP contribution is -2.45. The van der Waals surface area contributed by atoms with Crippen LogP contribution in [0.5, 0.6) is 0 Å². The van der Waals surface area contributed by atoms with Gasteiger partial charge in [-0.2, -0.15) is 5.26 Å². The fourth-order valence-electron chi connectivity index (χ4n) is 2.30. The highest BCUT2D eigenvalue weighted by molar-refractivity contribution is 5.87. The normalized spacial score (nSPS) is 12.5. The van der Waals surface area contributed by atoms with Crippen molar-refractivity contribution in [3.8, 4) is 17.3 Å². The molecular weight excluding hydrogens is 312 g/mol. The average molecular weight is 336 g/mol. The lowest BCUT2D eigenvalue weighted by Gasteiger charge is -2.28. The third kappa shape index (κ3) is 4.21. The lowest BCUT2D eigenvalue weighted by molar-refractivity contribution is -0.126. The first-order chi connectivity index (χ1) is 11.8. The zero-order chi connectivity index (χ0) is 18.6. The van der Waals surface area contributed by atoms with Gasteiger partial charge < -0.3 is 5.32 Å². The number of carbonyl (C=O) groups excluding carboxylic acids is 1. The van der Waals surface area contributed by atoms with Gasteiger partial charge in [-0.25, -0.2) is 4.98 Å². The lowest BCUT2D eigenvalue weighted by atomic mass is 9.82. The number of nitrogens with one attached hydrogen (secondary N) is 1. The van der Waals surface area contributed by atoms with Gasteiger partial charge in [0.2, 0.25) is 5.91 Å². The fraction of sp³-hybridized carbons (Fsp3) is 0.400. The van der Waals surface area contributed by atoms with E-state index >= 15 is 0 Å².